The second kappa shape index (κ2) is 7.94. The first kappa shape index (κ1) is 20.4. The number of nitrogens with two attached hydrogens (primary N) is 1. The highest BCUT2D eigenvalue weighted by atomic mass is 35.5. The largest absolute Gasteiger partial charge is 0.466 e. The minimum atomic E-state index is -0.729. The Labute approximate surface area is 171 Å². The van der Waals surface area contributed by atoms with Crippen LogP contribution in [-0.2, 0) is 16.0 Å². The molecule has 150 valence electrons. The van der Waals surface area contributed by atoms with Gasteiger partial charge in [-0.25, -0.2) is 15.6 Å². The van der Waals surface area contributed by atoms with E-state index in [9.17, 15) is 14.9 Å². The van der Waals surface area contributed by atoms with Crippen molar-refractivity contribution in [1.29, 1.82) is 0 Å². The Bertz CT molecular complexity index is 884. The van der Waals surface area contributed by atoms with Gasteiger partial charge < -0.3 is 9.64 Å². The minimum Gasteiger partial charge on any atom is -0.466 e. The quantitative estimate of drug-likeness (QED) is 0.190. The molecule has 0 spiro atoms. The average Bonchev–Trinajstić information content (AvgIpc) is 3.46. The summed E-state index contributed by atoms with van der Waals surface area (Å²) in [6.45, 7) is 1.66. The first-order valence-corrected chi connectivity index (χ1v) is 9.27. The van der Waals surface area contributed by atoms with E-state index in [2.05, 4.69) is 9.72 Å². The molecule has 1 atom stereocenters. The van der Waals surface area contributed by atoms with E-state index < -0.39 is 17.1 Å². The predicted octanol–water partition coefficient (Wildman–Crippen LogP) is 2.48. The van der Waals surface area contributed by atoms with Gasteiger partial charge in [0.1, 0.15) is 17.0 Å². The van der Waals surface area contributed by atoms with E-state index in [1.54, 1.807) is 19.2 Å². The Kier molecular flexibility index (Phi) is 5.78. The van der Waals surface area contributed by atoms with Gasteiger partial charge in [0.25, 0.3) is 0 Å². The number of nitrogens with zero attached hydrogens (tertiary/aromatic N) is 4. The average molecular weight is 428 g/mol. The number of halogens is 2. The van der Waals surface area contributed by atoms with Gasteiger partial charge in [0.2, 0.25) is 0 Å². The number of hydrogen-bond donors (Lipinski definition) is 1. The van der Waals surface area contributed by atoms with Crippen LogP contribution < -0.4 is 5.84 Å². The van der Waals surface area contributed by atoms with Crippen LogP contribution >= 0.6 is 23.2 Å². The van der Waals surface area contributed by atoms with Crippen LogP contribution in [0.3, 0.4) is 0 Å². The summed E-state index contributed by atoms with van der Waals surface area (Å²) in [5.74, 6) is 5.56. The lowest BCUT2D eigenvalue weighted by Crippen LogP contribution is -2.56. The molecule has 0 aromatic carbocycles. The number of methoxy groups -OCH3 is 1. The number of nitro groups is 1. The molecule has 1 unspecified atom stereocenters. The summed E-state index contributed by atoms with van der Waals surface area (Å²) in [5, 5.41) is 13.5. The maximum absolute atomic E-state index is 11.8. The van der Waals surface area contributed by atoms with Crippen molar-refractivity contribution >= 4 is 29.2 Å². The zero-order chi connectivity index (χ0) is 20.6. The van der Waals surface area contributed by atoms with Gasteiger partial charge >= 0.3 is 11.7 Å². The number of hydrogen-bond acceptors (Lipinski definition) is 8. The van der Waals surface area contributed by atoms with Crippen LogP contribution in [0.1, 0.15) is 25.3 Å². The molecular formula is C17H19Cl2N5O4. The smallest absolute Gasteiger partial charge is 0.332 e. The highest BCUT2D eigenvalue weighted by Crippen LogP contribution is 2.40. The van der Waals surface area contributed by atoms with E-state index in [0.717, 1.165) is 24.5 Å². The van der Waals surface area contributed by atoms with Crippen molar-refractivity contribution in [2.24, 2.45) is 5.84 Å². The van der Waals surface area contributed by atoms with Crippen molar-refractivity contribution in [2.75, 3.05) is 7.11 Å². The molecule has 28 heavy (non-hydrogen) atoms. The maximum Gasteiger partial charge on any atom is 0.332 e. The topological polar surface area (TPSA) is 115 Å². The molecule has 3 rings (SSSR count). The first-order valence-electron chi connectivity index (χ1n) is 8.52. The third-order valence-electron chi connectivity index (χ3n) is 4.74. The van der Waals surface area contributed by atoms with Crippen LogP contribution in [0.25, 0.3) is 0 Å². The molecule has 1 aliphatic heterocycles. The molecule has 9 nitrogen and oxygen atoms in total. The monoisotopic (exact) mass is 427 g/mol. The van der Waals surface area contributed by atoms with Gasteiger partial charge in [-0.3, -0.25) is 15.1 Å². The molecule has 1 aromatic rings. The Morgan fingerprint density at radius 1 is 1.50 bits per heavy atom. The Morgan fingerprint density at radius 3 is 2.71 bits per heavy atom. The van der Waals surface area contributed by atoms with Crippen molar-refractivity contribution in [3.8, 4) is 0 Å². The number of hydrazine groups is 1. The standard InChI is InChI=1S/C17H19Cl2N5O4/c1-9-16(24(26)27)13(7-15(25)28-2)23(20)14(22(9)11-3-4-11)6-10-5-12(18)17(19)21-8-10/h5,7-8,11,14H,3-4,6,20H2,1-2H3. The van der Waals surface area contributed by atoms with Gasteiger partial charge in [0.05, 0.1) is 28.8 Å². The number of aromatic nitrogens is 1. The first-order chi connectivity index (χ1) is 13.2. The molecular weight excluding hydrogens is 409 g/mol. The molecule has 0 saturated heterocycles. The lowest BCUT2D eigenvalue weighted by Gasteiger charge is -2.44. The van der Waals surface area contributed by atoms with Crippen molar-refractivity contribution < 1.29 is 14.5 Å². The maximum atomic E-state index is 11.8. The summed E-state index contributed by atoms with van der Waals surface area (Å²) in [5.41, 5.74) is 0.977. The normalized spacial score (nSPS) is 21.3. The molecule has 0 radical (unpaired) electrons. The number of allylic oxidation sites excluding steroid dienone is 1. The number of rotatable bonds is 5. The number of pyridine rings is 1. The predicted molar refractivity (Wildman–Crippen MR) is 102 cm³/mol. The zero-order valence-corrected chi connectivity index (χ0v) is 16.8. The second-order valence-electron chi connectivity index (χ2n) is 6.59. The van der Waals surface area contributed by atoms with Crippen molar-refractivity contribution in [1.82, 2.24) is 14.9 Å². The van der Waals surface area contributed by atoms with Crippen LogP contribution in [0.15, 0.2) is 35.4 Å². The third-order valence-corrected chi connectivity index (χ3v) is 5.43. The van der Waals surface area contributed by atoms with E-state index in [-0.39, 0.29) is 22.6 Å². The Hall–Kier alpha value is -2.36. The number of esters is 1. The lowest BCUT2D eigenvalue weighted by molar-refractivity contribution is -0.427. The Morgan fingerprint density at radius 2 is 2.18 bits per heavy atom. The molecule has 1 aliphatic carbocycles. The van der Waals surface area contributed by atoms with E-state index in [1.165, 1.54) is 12.1 Å². The lowest BCUT2D eigenvalue weighted by atomic mass is 10.0. The molecule has 1 aromatic heterocycles. The molecule has 11 heteroatoms. The second-order valence-corrected chi connectivity index (χ2v) is 7.36. The molecule has 0 amide bonds. The Balaban J connectivity index is 2.07. The molecule has 2 heterocycles. The van der Waals surface area contributed by atoms with E-state index in [1.807, 2.05) is 4.90 Å². The number of carbonyl (C=O) groups excluding carboxylic acids is 1. The van der Waals surface area contributed by atoms with E-state index in [0.29, 0.717) is 17.1 Å². The molecule has 2 aliphatic rings. The number of carbonyl (C=O) groups is 1. The van der Waals surface area contributed by atoms with Gasteiger partial charge in [0.15, 0.2) is 0 Å². The van der Waals surface area contributed by atoms with Crippen LogP contribution in [0.4, 0.5) is 0 Å². The fourth-order valence-electron chi connectivity index (χ4n) is 3.34. The highest BCUT2D eigenvalue weighted by Gasteiger charge is 2.46. The zero-order valence-electron chi connectivity index (χ0n) is 15.3. The van der Waals surface area contributed by atoms with E-state index in [4.69, 9.17) is 29.0 Å². The van der Waals surface area contributed by atoms with E-state index >= 15 is 0 Å². The molecule has 0 bridgehead atoms. The van der Waals surface area contributed by atoms with Gasteiger partial charge in [-0.1, -0.05) is 23.2 Å². The van der Waals surface area contributed by atoms with Crippen molar-refractivity contribution in [2.45, 2.75) is 38.4 Å². The van der Waals surface area contributed by atoms with Gasteiger partial charge in [0, 0.05) is 18.7 Å². The van der Waals surface area contributed by atoms with Crippen LogP contribution in [0.5, 0.6) is 0 Å². The van der Waals surface area contributed by atoms with Crippen molar-refractivity contribution in [3.05, 3.63) is 61.3 Å². The fraction of sp³-hybridized carbons (Fsp3) is 0.412. The number of ether oxygens (including phenoxy) is 1. The molecule has 1 saturated carbocycles. The van der Waals surface area contributed by atoms with Gasteiger partial charge in [-0.2, -0.15) is 0 Å². The third kappa shape index (κ3) is 3.91. The van der Waals surface area contributed by atoms with Gasteiger partial charge in [-0.05, 0) is 31.4 Å². The summed E-state index contributed by atoms with van der Waals surface area (Å²) in [4.78, 5) is 29.0. The molecule has 1 fully saturated rings. The van der Waals surface area contributed by atoms with Crippen LogP contribution in [0, 0.1) is 10.1 Å². The van der Waals surface area contributed by atoms with Gasteiger partial charge in [-0.15, -0.1) is 0 Å². The minimum absolute atomic E-state index is 0.00994. The highest BCUT2D eigenvalue weighted by molar-refractivity contribution is 6.41. The van der Waals surface area contributed by atoms with Crippen LogP contribution in [0.2, 0.25) is 10.2 Å². The fourth-order valence-corrected chi connectivity index (χ4v) is 3.63. The summed E-state index contributed by atoms with van der Waals surface area (Å²) < 4.78 is 4.64. The summed E-state index contributed by atoms with van der Waals surface area (Å²) in [6.07, 6.45) is 4.33. The molecule has 2 N–H and O–H groups in total. The SMILES string of the molecule is COC(=O)C=C1C([N+](=O)[O-])=C(C)N(C2CC2)C(Cc2cnc(Cl)c(Cl)c2)N1N. The summed E-state index contributed by atoms with van der Waals surface area (Å²) >= 11 is 11.9. The summed E-state index contributed by atoms with van der Waals surface area (Å²) in [7, 11) is 1.20. The summed E-state index contributed by atoms with van der Waals surface area (Å²) in [6, 6.07) is 1.82. The van der Waals surface area contributed by atoms with Crippen molar-refractivity contribution in [3.63, 3.8) is 0 Å². The van der Waals surface area contributed by atoms with Crippen LogP contribution in [-0.4, -0.2) is 45.1 Å².